The first kappa shape index (κ1) is 17.9. The van der Waals surface area contributed by atoms with Crippen molar-refractivity contribution >= 4 is 23.4 Å². The lowest BCUT2D eigenvalue weighted by molar-refractivity contribution is -0.115. The van der Waals surface area contributed by atoms with Crippen molar-refractivity contribution in [1.29, 1.82) is 0 Å². The summed E-state index contributed by atoms with van der Waals surface area (Å²) < 4.78 is 5.24. The van der Waals surface area contributed by atoms with Gasteiger partial charge in [-0.1, -0.05) is 42.5 Å². The summed E-state index contributed by atoms with van der Waals surface area (Å²) in [5.41, 5.74) is 2.60. The molecule has 1 N–H and O–H groups in total. The number of rotatable bonds is 7. The van der Waals surface area contributed by atoms with Crippen molar-refractivity contribution in [1.82, 2.24) is 9.97 Å². The second kappa shape index (κ2) is 9.01. The zero-order valence-corrected chi connectivity index (χ0v) is 15.2. The molecule has 26 heavy (non-hydrogen) atoms. The van der Waals surface area contributed by atoms with Gasteiger partial charge in [0, 0.05) is 17.7 Å². The summed E-state index contributed by atoms with van der Waals surface area (Å²) in [6.45, 7) is 0. The first-order valence-electron chi connectivity index (χ1n) is 8.19. The minimum absolute atomic E-state index is 0.0562. The number of nitrogens with zero attached hydrogens (tertiary/aromatic N) is 2. The van der Waals surface area contributed by atoms with Crippen molar-refractivity contribution in [3.8, 4) is 17.0 Å². The molecular weight excluding hydrogens is 346 g/mol. The van der Waals surface area contributed by atoms with Gasteiger partial charge in [-0.3, -0.25) is 4.79 Å². The van der Waals surface area contributed by atoms with E-state index in [1.54, 1.807) is 13.4 Å². The van der Waals surface area contributed by atoms with Crippen LogP contribution in [-0.4, -0.2) is 28.7 Å². The molecule has 6 heteroatoms. The zero-order valence-electron chi connectivity index (χ0n) is 14.4. The highest BCUT2D eigenvalue weighted by Gasteiger charge is 2.08. The van der Waals surface area contributed by atoms with E-state index >= 15 is 0 Å². The van der Waals surface area contributed by atoms with Gasteiger partial charge in [-0.05, 0) is 18.2 Å². The van der Waals surface area contributed by atoms with Gasteiger partial charge in [0.05, 0.1) is 23.5 Å². The van der Waals surface area contributed by atoms with Crippen LogP contribution >= 0.6 is 11.8 Å². The third kappa shape index (κ3) is 4.83. The molecule has 0 atom stereocenters. The second-order valence-electron chi connectivity index (χ2n) is 5.45. The van der Waals surface area contributed by atoms with Gasteiger partial charge in [0.1, 0.15) is 12.1 Å². The quantitative estimate of drug-likeness (QED) is 0.500. The summed E-state index contributed by atoms with van der Waals surface area (Å²) in [6.07, 6.45) is 1.94. The number of para-hydroxylation sites is 2. The lowest BCUT2D eigenvalue weighted by atomic mass is 10.1. The van der Waals surface area contributed by atoms with Crippen molar-refractivity contribution in [2.45, 2.75) is 11.4 Å². The van der Waals surface area contributed by atoms with E-state index in [4.69, 9.17) is 4.74 Å². The highest BCUT2D eigenvalue weighted by atomic mass is 32.2. The number of hydrogen-bond acceptors (Lipinski definition) is 5. The van der Waals surface area contributed by atoms with Crippen LogP contribution in [0.25, 0.3) is 11.3 Å². The SMILES string of the molecule is COc1ccccc1NC(=O)CCSc1cc(-c2ccccc2)ncn1. The first-order chi connectivity index (χ1) is 12.8. The fourth-order valence-corrected chi connectivity index (χ4v) is 3.21. The number of nitrogens with one attached hydrogen (secondary N) is 1. The number of carbonyl (C=O) groups excluding carboxylic acids is 1. The minimum atomic E-state index is -0.0562. The van der Waals surface area contributed by atoms with Crippen LogP contribution in [0.15, 0.2) is 72.0 Å². The Hall–Kier alpha value is -2.86. The third-order valence-corrected chi connectivity index (χ3v) is 4.60. The molecule has 5 nitrogen and oxygen atoms in total. The zero-order chi connectivity index (χ0) is 18.2. The van der Waals surface area contributed by atoms with E-state index in [2.05, 4.69) is 15.3 Å². The van der Waals surface area contributed by atoms with Gasteiger partial charge < -0.3 is 10.1 Å². The molecule has 3 rings (SSSR count). The lowest BCUT2D eigenvalue weighted by Gasteiger charge is -2.09. The van der Waals surface area contributed by atoms with Gasteiger partial charge in [0.15, 0.2) is 0 Å². The second-order valence-corrected chi connectivity index (χ2v) is 6.57. The van der Waals surface area contributed by atoms with E-state index in [0.29, 0.717) is 23.6 Å². The Balaban J connectivity index is 1.54. The number of thioether (sulfide) groups is 1. The molecule has 0 aliphatic carbocycles. The topological polar surface area (TPSA) is 64.1 Å². The normalized spacial score (nSPS) is 10.3. The number of aromatic nitrogens is 2. The van der Waals surface area contributed by atoms with Gasteiger partial charge in [-0.15, -0.1) is 11.8 Å². The Kier molecular flexibility index (Phi) is 6.22. The van der Waals surface area contributed by atoms with Crippen LogP contribution in [-0.2, 0) is 4.79 Å². The van der Waals surface area contributed by atoms with Crippen LogP contribution in [0.3, 0.4) is 0 Å². The molecule has 0 aliphatic heterocycles. The van der Waals surface area contributed by atoms with Crippen molar-refractivity contribution in [2.24, 2.45) is 0 Å². The lowest BCUT2D eigenvalue weighted by Crippen LogP contribution is -2.12. The maximum absolute atomic E-state index is 12.1. The smallest absolute Gasteiger partial charge is 0.225 e. The molecule has 0 saturated heterocycles. The van der Waals surface area contributed by atoms with Crippen LogP contribution in [0, 0.1) is 0 Å². The van der Waals surface area contributed by atoms with E-state index in [-0.39, 0.29) is 5.91 Å². The number of amides is 1. The minimum Gasteiger partial charge on any atom is -0.495 e. The van der Waals surface area contributed by atoms with Crippen molar-refractivity contribution in [3.05, 3.63) is 67.0 Å². The number of carbonyl (C=O) groups is 1. The Morgan fingerprint density at radius 2 is 1.85 bits per heavy atom. The summed E-state index contributed by atoms with van der Waals surface area (Å²) in [6, 6.07) is 19.3. The van der Waals surface area contributed by atoms with Crippen molar-refractivity contribution in [3.63, 3.8) is 0 Å². The molecule has 0 fully saturated rings. The van der Waals surface area contributed by atoms with Gasteiger partial charge in [0.25, 0.3) is 0 Å². The highest BCUT2D eigenvalue weighted by Crippen LogP contribution is 2.24. The summed E-state index contributed by atoms with van der Waals surface area (Å²) >= 11 is 1.53. The maximum Gasteiger partial charge on any atom is 0.225 e. The highest BCUT2D eigenvalue weighted by molar-refractivity contribution is 7.99. The van der Waals surface area contributed by atoms with E-state index in [0.717, 1.165) is 16.3 Å². The Bertz CT molecular complexity index is 872. The Morgan fingerprint density at radius 3 is 2.65 bits per heavy atom. The molecule has 2 aromatic carbocycles. The van der Waals surface area contributed by atoms with Crippen LogP contribution in [0.2, 0.25) is 0 Å². The van der Waals surface area contributed by atoms with Crippen molar-refractivity contribution in [2.75, 3.05) is 18.2 Å². The van der Waals surface area contributed by atoms with Crippen LogP contribution in [0.1, 0.15) is 6.42 Å². The molecule has 0 unspecified atom stereocenters. The predicted molar refractivity (Wildman–Crippen MR) is 104 cm³/mol. The van der Waals surface area contributed by atoms with E-state index in [1.807, 2.05) is 60.7 Å². The fourth-order valence-electron chi connectivity index (χ4n) is 2.39. The molecule has 0 saturated carbocycles. The Labute approximate surface area is 156 Å². The van der Waals surface area contributed by atoms with Crippen LogP contribution < -0.4 is 10.1 Å². The van der Waals surface area contributed by atoms with E-state index < -0.39 is 0 Å². The molecule has 1 heterocycles. The molecule has 1 aromatic heterocycles. The van der Waals surface area contributed by atoms with Gasteiger partial charge >= 0.3 is 0 Å². The molecular formula is C20H19N3O2S. The molecule has 1 amide bonds. The van der Waals surface area contributed by atoms with Gasteiger partial charge in [-0.25, -0.2) is 9.97 Å². The average Bonchev–Trinajstić information content (AvgIpc) is 2.69. The maximum atomic E-state index is 12.1. The summed E-state index contributed by atoms with van der Waals surface area (Å²) in [4.78, 5) is 20.7. The number of anilines is 1. The standard InChI is InChI=1S/C20H19N3O2S/c1-25-18-10-6-5-9-16(18)23-19(24)11-12-26-20-13-17(21-14-22-20)15-7-3-2-4-8-15/h2-10,13-14H,11-12H2,1H3,(H,23,24). The number of ether oxygens (including phenoxy) is 1. The fraction of sp³-hybridized carbons (Fsp3) is 0.150. The molecule has 0 aliphatic rings. The molecule has 0 bridgehead atoms. The van der Waals surface area contributed by atoms with Gasteiger partial charge in [0.2, 0.25) is 5.91 Å². The largest absolute Gasteiger partial charge is 0.495 e. The summed E-state index contributed by atoms with van der Waals surface area (Å²) in [5.74, 6) is 1.22. The molecule has 0 spiro atoms. The van der Waals surface area contributed by atoms with Crippen LogP contribution in [0.4, 0.5) is 5.69 Å². The van der Waals surface area contributed by atoms with E-state index in [1.165, 1.54) is 11.8 Å². The summed E-state index contributed by atoms with van der Waals surface area (Å²) in [7, 11) is 1.58. The van der Waals surface area contributed by atoms with Crippen molar-refractivity contribution < 1.29 is 9.53 Å². The molecule has 3 aromatic rings. The predicted octanol–water partition coefficient (Wildman–Crippen LogP) is 4.27. The van der Waals surface area contributed by atoms with Gasteiger partial charge in [-0.2, -0.15) is 0 Å². The summed E-state index contributed by atoms with van der Waals surface area (Å²) in [5, 5.41) is 3.73. The average molecular weight is 365 g/mol. The Morgan fingerprint density at radius 1 is 1.08 bits per heavy atom. The molecule has 0 radical (unpaired) electrons. The van der Waals surface area contributed by atoms with Crippen LogP contribution in [0.5, 0.6) is 5.75 Å². The molecule has 132 valence electrons. The number of methoxy groups -OCH3 is 1. The number of hydrogen-bond donors (Lipinski definition) is 1. The van der Waals surface area contributed by atoms with E-state index in [9.17, 15) is 4.79 Å². The first-order valence-corrected chi connectivity index (χ1v) is 9.18. The number of benzene rings is 2. The monoisotopic (exact) mass is 365 g/mol. The third-order valence-electron chi connectivity index (χ3n) is 3.67.